The summed E-state index contributed by atoms with van der Waals surface area (Å²) >= 11 is 0. The van der Waals surface area contributed by atoms with Crippen molar-refractivity contribution in [3.63, 3.8) is 0 Å². The van der Waals surface area contributed by atoms with E-state index in [2.05, 4.69) is 15.3 Å². The molecule has 0 amide bonds. The van der Waals surface area contributed by atoms with Crippen molar-refractivity contribution in [2.45, 2.75) is 31.7 Å². The molecule has 0 spiro atoms. The second-order valence-electron chi connectivity index (χ2n) is 9.24. The highest BCUT2D eigenvalue weighted by Gasteiger charge is 2.29. The van der Waals surface area contributed by atoms with Gasteiger partial charge in [-0.1, -0.05) is 12.1 Å². The molecular weight excluding hydrogens is 456 g/mol. The maximum Gasteiger partial charge on any atom is 0.329 e. The van der Waals surface area contributed by atoms with Crippen molar-refractivity contribution in [3.8, 4) is 11.1 Å². The molecule has 3 N–H and O–H groups in total. The monoisotopic (exact) mass is 484 g/mol. The van der Waals surface area contributed by atoms with Crippen molar-refractivity contribution in [2.75, 3.05) is 7.05 Å². The molecule has 184 valence electrons. The number of aliphatic carboxylic acids is 1. The Morgan fingerprint density at radius 1 is 1.11 bits per heavy atom. The van der Waals surface area contributed by atoms with E-state index in [1.54, 1.807) is 37.3 Å². The molecule has 0 unspecified atom stereocenters. The molecule has 9 nitrogen and oxygen atoms in total. The van der Waals surface area contributed by atoms with Crippen LogP contribution in [-0.4, -0.2) is 43.4 Å². The van der Waals surface area contributed by atoms with Crippen molar-refractivity contribution in [3.05, 3.63) is 65.1 Å². The number of rotatable bonds is 6. The lowest BCUT2D eigenvalue weighted by molar-refractivity contribution is -0.143. The van der Waals surface area contributed by atoms with Gasteiger partial charge in [0.05, 0.1) is 34.4 Å². The fourth-order valence-electron chi connectivity index (χ4n) is 5.21. The Hall–Kier alpha value is -4.27. The molecule has 1 saturated carbocycles. The number of pyridine rings is 2. The van der Waals surface area contributed by atoms with Crippen LogP contribution in [0.3, 0.4) is 0 Å². The van der Waals surface area contributed by atoms with Crippen molar-refractivity contribution in [2.24, 2.45) is 13.0 Å². The predicted octanol–water partition coefficient (Wildman–Crippen LogP) is 3.98. The maximum absolute atomic E-state index is 13.3. The van der Waals surface area contributed by atoms with Gasteiger partial charge in [-0.3, -0.25) is 23.9 Å². The normalized spacial score (nSPS) is 18.4. The molecule has 1 aliphatic carbocycles. The predicted molar refractivity (Wildman–Crippen MR) is 140 cm³/mol. The van der Waals surface area contributed by atoms with Crippen LogP contribution < -0.4 is 11.0 Å². The van der Waals surface area contributed by atoms with Crippen LogP contribution in [0.4, 0.5) is 0 Å². The lowest BCUT2D eigenvalue weighted by atomic mass is 9.86. The minimum Gasteiger partial charge on any atom is -0.481 e. The summed E-state index contributed by atoms with van der Waals surface area (Å²) in [4.78, 5) is 33.9. The van der Waals surface area contributed by atoms with Gasteiger partial charge in [-0.2, -0.15) is 0 Å². The van der Waals surface area contributed by atoms with E-state index in [-0.39, 0.29) is 17.6 Å². The number of hydrogen-bond acceptors (Lipinski definition) is 6. The summed E-state index contributed by atoms with van der Waals surface area (Å²) in [5, 5.41) is 20.8. The SMILES string of the molecule is CN/C=C(\C=N)c1ccc(-c2ccc3ncc4c(c3c2)n(C2CCC(C(=O)O)CC2)c(=O)n4C)cn1. The van der Waals surface area contributed by atoms with Gasteiger partial charge >= 0.3 is 11.7 Å². The number of fused-ring (bicyclic) bond motifs is 3. The Morgan fingerprint density at radius 2 is 1.86 bits per heavy atom. The van der Waals surface area contributed by atoms with Gasteiger partial charge in [-0.25, -0.2) is 4.79 Å². The Kier molecular flexibility index (Phi) is 6.13. The Balaban J connectivity index is 1.61. The number of carboxylic acids is 1. The van der Waals surface area contributed by atoms with Crippen molar-refractivity contribution >= 4 is 39.7 Å². The average molecular weight is 485 g/mol. The van der Waals surface area contributed by atoms with Crippen LogP contribution >= 0.6 is 0 Å². The van der Waals surface area contributed by atoms with E-state index in [4.69, 9.17) is 5.41 Å². The van der Waals surface area contributed by atoms with Gasteiger partial charge in [0.25, 0.3) is 0 Å². The zero-order valence-electron chi connectivity index (χ0n) is 20.2. The number of allylic oxidation sites excluding steroid dienone is 1. The third-order valence-electron chi connectivity index (χ3n) is 7.17. The summed E-state index contributed by atoms with van der Waals surface area (Å²) in [6.45, 7) is 0. The molecule has 9 heteroatoms. The summed E-state index contributed by atoms with van der Waals surface area (Å²) < 4.78 is 3.47. The van der Waals surface area contributed by atoms with Gasteiger partial charge in [0.2, 0.25) is 0 Å². The smallest absolute Gasteiger partial charge is 0.329 e. The van der Waals surface area contributed by atoms with E-state index in [0.29, 0.717) is 37.0 Å². The number of imidazole rings is 1. The molecular formula is C27H28N6O3. The Morgan fingerprint density at radius 3 is 2.50 bits per heavy atom. The number of carbonyl (C=O) groups is 1. The van der Waals surface area contributed by atoms with E-state index in [1.807, 2.05) is 34.9 Å². The third-order valence-corrected chi connectivity index (χ3v) is 7.17. The molecule has 4 aromatic rings. The lowest BCUT2D eigenvalue weighted by Gasteiger charge is -2.27. The van der Waals surface area contributed by atoms with Crippen LogP contribution in [0.25, 0.3) is 38.6 Å². The topological polar surface area (TPSA) is 126 Å². The molecule has 1 aromatic carbocycles. The standard InChI is InChI=1S/C27H28N6O3/c1-29-13-19(12-28)22-9-6-18(14-30-22)17-5-10-23-21(11-17)25-24(15-31-23)32(2)27(36)33(25)20-7-3-16(4-8-20)26(34)35/h5-6,9-16,20,28-29H,3-4,7-8H2,1-2H3,(H,34,35)/b19-13+,28-12?. The minimum atomic E-state index is -0.758. The van der Waals surface area contributed by atoms with Gasteiger partial charge in [-0.15, -0.1) is 0 Å². The van der Waals surface area contributed by atoms with Gasteiger partial charge in [0.15, 0.2) is 0 Å². The van der Waals surface area contributed by atoms with Crippen LogP contribution in [0.5, 0.6) is 0 Å². The molecule has 0 bridgehead atoms. The quantitative estimate of drug-likeness (QED) is 0.356. The number of nitrogens with zero attached hydrogens (tertiary/aromatic N) is 4. The first kappa shape index (κ1) is 23.5. The number of benzene rings is 1. The first-order valence-electron chi connectivity index (χ1n) is 12.0. The van der Waals surface area contributed by atoms with Gasteiger partial charge in [-0.05, 0) is 49.4 Å². The molecule has 0 radical (unpaired) electrons. The van der Waals surface area contributed by atoms with Crippen molar-refractivity contribution < 1.29 is 9.90 Å². The minimum absolute atomic E-state index is 0.0505. The molecule has 0 atom stereocenters. The molecule has 0 aliphatic heterocycles. The van der Waals surface area contributed by atoms with E-state index in [1.165, 1.54) is 6.21 Å². The fraction of sp³-hybridized carbons (Fsp3) is 0.296. The number of hydrogen-bond donors (Lipinski definition) is 3. The first-order chi connectivity index (χ1) is 17.4. The summed E-state index contributed by atoms with van der Waals surface area (Å²) in [6.07, 6.45) is 8.94. The second kappa shape index (κ2) is 9.41. The molecule has 3 aromatic heterocycles. The van der Waals surface area contributed by atoms with Gasteiger partial charge in [0.1, 0.15) is 0 Å². The number of aromatic nitrogens is 4. The summed E-state index contributed by atoms with van der Waals surface area (Å²) in [5.74, 6) is -1.10. The fourth-order valence-corrected chi connectivity index (χ4v) is 5.21. The van der Waals surface area contributed by atoms with Crippen LogP contribution in [0.1, 0.15) is 37.4 Å². The zero-order chi connectivity index (χ0) is 25.4. The number of aryl methyl sites for hydroxylation is 1. The van der Waals surface area contributed by atoms with Crippen molar-refractivity contribution in [1.82, 2.24) is 24.4 Å². The molecule has 0 saturated heterocycles. The highest BCUT2D eigenvalue weighted by Crippen LogP contribution is 2.36. The van der Waals surface area contributed by atoms with E-state index >= 15 is 0 Å². The number of nitrogens with one attached hydrogen (secondary N) is 2. The molecule has 36 heavy (non-hydrogen) atoms. The average Bonchev–Trinajstić information content (AvgIpc) is 3.17. The van der Waals surface area contributed by atoms with E-state index < -0.39 is 5.97 Å². The van der Waals surface area contributed by atoms with Crippen LogP contribution in [0, 0.1) is 11.3 Å². The van der Waals surface area contributed by atoms with E-state index in [0.717, 1.165) is 33.1 Å². The molecule has 1 aliphatic rings. The van der Waals surface area contributed by atoms with Crippen molar-refractivity contribution in [1.29, 1.82) is 5.41 Å². The summed E-state index contributed by atoms with van der Waals surface area (Å²) in [7, 11) is 3.53. The van der Waals surface area contributed by atoms with Crippen LogP contribution in [0.2, 0.25) is 0 Å². The van der Waals surface area contributed by atoms with Gasteiger partial charge < -0.3 is 15.8 Å². The largest absolute Gasteiger partial charge is 0.481 e. The third kappa shape index (κ3) is 3.96. The number of carboxylic acid groups (broad SMARTS) is 1. The summed E-state index contributed by atoms with van der Waals surface area (Å²) in [5.41, 5.74) is 5.51. The Bertz CT molecular complexity index is 1560. The highest BCUT2D eigenvalue weighted by atomic mass is 16.4. The first-order valence-corrected chi connectivity index (χ1v) is 12.0. The highest BCUT2D eigenvalue weighted by molar-refractivity contribution is 6.07. The molecule has 3 heterocycles. The van der Waals surface area contributed by atoms with Crippen LogP contribution in [0.15, 0.2) is 53.7 Å². The van der Waals surface area contributed by atoms with Gasteiger partial charge in [0, 0.05) is 55.3 Å². The molecule has 1 fully saturated rings. The maximum atomic E-state index is 13.3. The zero-order valence-corrected chi connectivity index (χ0v) is 20.2. The lowest BCUT2D eigenvalue weighted by Crippen LogP contribution is -2.30. The second-order valence-corrected chi connectivity index (χ2v) is 9.24. The van der Waals surface area contributed by atoms with E-state index in [9.17, 15) is 14.7 Å². The molecule has 5 rings (SSSR count). The summed E-state index contributed by atoms with van der Waals surface area (Å²) in [6, 6.07) is 9.78. The van der Waals surface area contributed by atoms with Crippen LogP contribution in [-0.2, 0) is 11.8 Å². The Labute approximate surface area is 207 Å².